The molecular weight excluding hydrogens is 303 g/mol. The molecule has 0 amide bonds. The Hall–Kier alpha value is -1.78. The number of ether oxygens (including phenoxy) is 1. The van der Waals surface area contributed by atoms with Gasteiger partial charge in [-0.05, 0) is 30.9 Å². The molecule has 0 radical (unpaired) electrons. The van der Waals surface area contributed by atoms with Crippen LogP contribution in [0.3, 0.4) is 0 Å². The molecule has 0 aliphatic carbocycles. The maximum atomic E-state index is 13.8. The van der Waals surface area contributed by atoms with Crippen molar-refractivity contribution in [3.63, 3.8) is 0 Å². The highest BCUT2D eigenvalue weighted by Crippen LogP contribution is 2.42. The summed E-state index contributed by atoms with van der Waals surface area (Å²) in [5.41, 5.74) is 2.14. The van der Waals surface area contributed by atoms with Gasteiger partial charge < -0.3 is 4.74 Å². The molecule has 126 valence electrons. The predicted molar refractivity (Wildman–Crippen MR) is 91.2 cm³/mol. The minimum atomic E-state index is -0.209. The first-order valence-electron chi connectivity index (χ1n) is 8.74. The molecule has 2 aromatic rings. The van der Waals surface area contributed by atoms with Gasteiger partial charge in [-0.1, -0.05) is 30.3 Å². The van der Waals surface area contributed by atoms with Crippen LogP contribution >= 0.6 is 0 Å². The maximum Gasteiger partial charge on any atom is 0.145 e. The summed E-state index contributed by atoms with van der Waals surface area (Å²) >= 11 is 0. The molecular formula is C20H23FN2O. The van der Waals surface area contributed by atoms with Crippen LogP contribution in [0, 0.1) is 5.82 Å². The molecule has 4 heteroatoms. The normalized spacial score (nSPS) is 23.6. The molecule has 0 saturated carbocycles. The van der Waals surface area contributed by atoms with E-state index in [0.717, 1.165) is 44.5 Å². The Balaban J connectivity index is 1.36. The van der Waals surface area contributed by atoms with Crippen LogP contribution in [0.1, 0.15) is 36.3 Å². The lowest BCUT2D eigenvalue weighted by Gasteiger charge is -2.38. The molecule has 0 unspecified atom stereocenters. The SMILES string of the molecule is Fc1cnccc1CN1CCC2(CC1)C[C@@H](c1ccccc1)CO2. The van der Waals surface area contributed by atoms with Gasteiger partial charge in [0, 0.05) is 37.3 Å². The molecule has 2 aliphatic rings. The third-order valence-electron chi connectivity index (χ3n) is 5.50. The largest absolute Gasteiger partial charge is 0.374 e. The zero-order valence-electron chi connectivity index (χ0n) is 13.8. The van der Waals surface area contributed by atoms with Gasteiger partial charge in [-0.3, -0.25) is 9.88 Å². The number of hydrogen-bond acceptors (Lipinski definition) is 3. The van der Waals surface area contributed by atoms with E-state index in [0.29, 0.717) is 12.5 Å². The van der Waals surface area contributed by atoms with E-state index in [-0.39, 0.29) is 11.4 Å². The van der Waals surface area contributed by atoms with E-state index in [1.54, 1.807) is 12.3 Å². The summed E-state index contributed by atoms with van der Waals surface area (Å²) in [6.45, 7) is 3.40. The fourth-order valence-corrected chi connectivity index (χ4v) is 4.02. The minimum Gasteiger partial charge on any atom is -0.374 e. The van der Waals surface area contributed by atoms with Crippen molar-refractivity contribution in [3.8, 4) is 0 Å². The lowest BCUT2D eigenvalue weighted by molar-refractivity contribution is -0.0449. The van der Waals surface area contributed by atoms with Crippen LogP contribution in [0.25, 0.3) is 0 Å². The van der Waals surface area contributed by atoms with Crippen molar-refractivity contribution in [2.75, 3.05) is 19.7 Å². The molecule has 1 spiro atoms. The molecule has 3 heterocycles. The smallest absolute Gasteiger partial charge is 0.145 e. The highest BCUT2D eigenvalue weighted by Gasteiger charge is 2.42. The van der Waals surface area contributed by atoms with Crippen LogP contribution < -0.4 is 0 Å². The number of benzene rings is 1. The summed E-state index contributed by atoms with van der Waals surface area (Å²) in [5.74, 6) is 0.300. The Labute approximate surface area is 142 Å². The maximum absolute atomic E-state index is 13.8. The highest BCUT2D eigenvalue weighted by molar-refractivity contribution is 5.22. The summed E-state index contributed by atoms with van der Waals surface area (Å²) in [6.07, 6.45) is 6.13. The van der Waals surface area contributed by atoms with Crippen molar-refractivity contribution >= 4 is 0 Å². The number of nitrogens with zero attached hydrogens (tertiary/aromatic N) is 2. The molecule has 2 aliphatic heterocycles. The Morgan fingerprint density at radius 3 is 2.71 bits per heavy atom. The molecule has 0 bridgehead atoms. The second kappa shape index (κ2) is 6.61. The van der Waals surface area contributed by atoms with Crippen molar-refractivity contribution in [1.82, 2.24) is 9.88 Å². The van der Waals surface area contributed by atoms with E-state index in [4.69, 9.17) is 4.74 Å². The van der Waals surface area contributed by atoms with Gasteiger partial charge in [-0.15, -0.1) is 0 Å². The zero-order chi connectivity index (χ0) is 16.4. The molecule has 24 heavy (non-hydrogen) atoms. The van der Waals surface area contributed by atoms with E-state index >= 15 is 0 Å². The fourth-order valence-electron chi connectivity index (χ4n) is 4.02. The second-order valence-electron chi connectivity index (χ2n) is 7.05. The van der Waals surface area contributed by atoms with Crippen molar-refractivity contribution in [2.45, 2.75) is 37.3 Å². The van der Waals surface area contributed by atoms with Crippen LogP contribution in [-0.4, -0.2) is 35.2 Å². The van der Waals surface area contributed by atoms with Gasteiger partial charge in [0.1, 0.15) is 5.82 Å². The molecule has 0 N–H and O–H groups in total. The number of piperidine rings is 1. The molecule has 4 rings (SSSR count). The Kier molecular flexibility index (Phi) is 4.33. The molecule has 1 aromatic heterocycles. The quantitative estimate of drug-likeness (QED) is 0.859. The van der Waals surface area contributed by atoms with Crippen LogP contribution in [0.15, 0.2) is 48.8 Å². The Bertz CT molecular complexity index is 683. The topological polar surface area (TPSA) is 25.4 Å². The summed E-state index contributed by atoms with van der Waals surface area (Å²) in [4.78, 5) is 6.14. The van der Waals surface area contributed by atoms with Crippen LogP contribution in [0.2, 0.25) is 0 Å². The van der Waals surface area contributed by atoms with Crippen molar-refractivity contribution < 1.29 is 9.13 Å². The highest BCUT2D eigenvalue weighted by atomic mass is 19.1. The summed E-state index contributed by atoms with van der Waals surface area (Å²) in [5, 5.41) is 0. The Morgan fingerprint density at radius 1 is 1.17 bits per heavy atom. The zero-order valence-corrected chi connectivity index (χ0v) is 13.8. The average molecular weight is 326 g/mol. The molecule has 2 fully saturated rings. The third kappa shape index (κ3) is 3.21. The van der Waals surface area contributed by atoms with E-state index < -0.39 is 0 Å². The number of likely N-dealkylation sites (tertiary alicyclic amines) is 1. The molecule has 3 nitrogen and oxygen atoms in total. The number of rotatable bonds is 3. The molecule has 1 atom stereocenters. The fraction of sp³-hybridized carbons (Fsp3) is 0.450. The van der Waals surface area contributed by atoms with E-state index in [2.05, 4.69) is 40.2 Å². The van der Waals surface area contributed by atoms with Crippen molar-refractivity contribution in [2.24, 2.45) is 0 Å². The number of aromatic nitrogens is 1. The summed E-state index contributed by atoms with van der Waals surface area (Å²) in [7, 11) is 0. The van der Waals surface area contributed by atoms with E-state index in [1.807, 2.05) is 0 Å². The van der Waals surface area contributed by atoms with Crippen LogP contribution in [0.5, 0.6) is 0 Å². The minimum absolute atomic E-state index is 0.0216. The number of pyridine rings is 1. The number of halogens is 1. The van der Waals surface area contributed by atoms with Crippen molar-refractivity contribution in [3.05, 3.63) is 65.7 Å². The molecule has 1 aromatic carbocycles. The van der Waals surface area contributed by atoms with E-state index in [1.165, 1.54) is 11.8 Å². The number of hydrogen-bond donors (Lipinski definition) is 0. The first-order valence-corrected chi connectivity index (χ1v) is 8.74. The lowest BCUT2D eigenvalue weighted by Crippen LogP contribution is -2.43. The Morgan fingerprint density at radius 2 is 1.96 bits per heavy atom. The lowest BCUT2D eigenvalue weighted by atomic mass is 9.83. The monoisotopic (exact) mass is 326 g/mol. The van der Waals surface area contributed by atoms with E-state index in [9.17, 15) is 4.39 Å². The van der Waals surface area contributed by atoms with Crippen LogP contribution in [-0.2, 0) is 11.3 Å². The van der Waals surface area contributed by atoms with Gasteiger partial charge in [-0.2, -0.15) is 0 Å². The third-order valence-corrected chi connectivity index (χ3v) is 5.50. The second-order valence-corrected chi connectivity index (χ2v) is 7.05. The average Bonchev–Trinajstić information content (AvgIpc) is 3.04. The van der Waals surface area contributed by atoms with Gasteiger partial charge in [0.15, 0.2) is 0 Å². The standard InChI is InChI=1S/C20H23FN2O/c21-19-13-22-9-6-17(19)14-23-10-7-20(8-11-23)12-18(15-24-20)16-4-2-1-3-5-16/h1-6,9,13,18H,7-8,10-12,14-15H2/t18-/m1/s1. The summed E-state index contributed by atoms with van der Waals surface area (Å²) in [6, 6.07) is 12.4. The van der Waals surface area contributed by atoms with Gasteiger partial charge in [0.05, 0.1) is 18.4 Å². The van der Waals surface area contributed by atoms with Gasteiger partial charge >= 0.3 is 0 Å². The summed E-state index contributed by atoms with van der Waals surface area (Å²) < 4.78 is 20.0. The van der Waals surface area contributed by atoms with Crippen molar-refractivity contribution in [1.29, 1.82) is 0 Å². The van der Waals surface area contributed by atoms with Gasteiger partial charge in [-0.25, -0.2) is 4.39 Å². The predicted octanol–water partition coefficient (Wildman–Crippen LogP) is 3.76. The van der Waals surface area contributed by atoms with Crippen LogP contribution in [0.4, 0.5) is 4.39 Å². The van der Waals surface area contributed by atoms with Gasteiger partial charge in [0.2, 0.25) is 0 Å². The first kappa shape index (κ1) is 15.7. The first-order chi connectivity index (χ1) is 11.7. The van der Waals surface area contributed by atoms with Gasteiger partial charge in [0.25, 0.3) is 0 Å². The molecule has 2 saturated heterocycles.